The second kappa shape index (κ2) is 7.00. The van der Waals surface area contributed by atoms with E-state index in [-0.39, 0.29) is 30.3 Å². The van der Waals surface area contributed by atoms with E-state index in [0.717, 1.165) is 0 Å². The summed E-state index contributed by atoms with van der Waals surface area (Å²) in [5.41, 5.74) is 0.0639. The van der Waals surface area contributed by atoms with E-state index in [1.807, 2.05) is 0 Å². The van der Waals surface area contributed by atoms with Gasteiger partial charge in [0, 0.05) is 36.7 Å². The van der Waals surface area contributed by atoms with Crippen molar-refractivity contribution in [3.63, 3.8) is 0 Å². The largest absolute Gasteiger partial charge is 0.497 e. The third-order valence-electron chi connectivity index (χ3n) is 4.21. The van der Waals surface area contributed by atoms with Crippen LogP contribution >= 0.6 is 9.24 Å². The molecule has 0 saturated carbocycles. The van der Waals surface area contributed by atoms with Gasteiger partial charge in [0.2, 0.25) is 5.91 Å². The molecule has 1 unspecified atom stereocenters. The fraction of sp³-hybridized carbons (Fsp3) is 0.294. The lowest BCUT2D eigenvalue weighted by molar-refractivity contribution is -0.117. The van der Waals surface area contributed by atoms with Crippen molar-refractivity contribution in [2.24, 2.45) is 0 Å². The molecule has 0 N–H and O–H groups in total. The number of anilines is 1. The van der Waals surface area contributed by atoms with E-state index in [4.69, 9.17) is 4.74 Å². The lowest BCUT2D eigenvalue weighted by atomic mass is 9.97. The molecule has 2 aromatic rings. The van der Waals surface area contributed by atoms with Gasteiger partial charge >= 0.3 is 0 Å². The van der Waals surface area contributed by atoms with Crippen LogP contribution in [0.3, 0.4) is 0 Å². The second-order valence-corrected chi connectivity index (χ2v) is 6.36. The summed E-state index contributed by atoms with van der Waals surface area (Å²) in [6.07, 6.45) is -1.36. The quantitative estimate of drug-likeness (QED) is 0.779. The van der Waals surface area contributed by atoms with Gasteiger partial charge in [-0.1, -0.05) is 0 Å². The number of methoxy groups -OCH3 is 1. The van der Waals surface area contributed by atoms with E-state index in [1.54, 1.807) is 6.07 Å². The van der Waals surface area contributed by atoms with Crippen LogP contribution in [0.1, 0.15) is 29.9 Å². The van der Waals surface area contributed by atoms with Crippen molar-refractivity contribution >= 4 is 26.3 Å². The van der Waals surface area contributed by atoms with E-state index in [0.29, 0.717) is 16.6 Å². The van der Waals surface area contributed by atoms with Crippen LogP contribution in [0, 0.1) is 5.82 Å². The highest BCUT2D eigenvalue weighted by molar-refractivity contribution is 7.27. The number of halogens is 3. The zero-order valence-corrected chi connectivity index (χ0v) is 14.5. The molecule has 1 aliphatic rings. The Kier molecular flexibility index (Phi) is 4.95. The van der Waals surface area contributed by atoms with Crippen molar-refractivity contribution in [1.82, 2.24) is 4.98 Å². The molecule has 1 saturated heterocycles. The highest BCUT2D eigenvalue weighted by Crippen LogP contribution is 2.36. The van der Waals surface area contributed by atoms with Gasteiger partial charge < -0.3 is 4.74 Å². The average molecular weight is 368 g/mol. The Morgan fingerprint density at radius 2 is 2.16 bits per heavy atom. The summed E-state index contributed by atoms with van der Waals surface area (Å²) in [7, 11) is 3.87. The molecule has 0 bridgehead atoms. The first kappa shape index (κ1) is 17.7. The highest BCUT2D eigenvalue weighted by atomic mass is 31.0. The number of amides is 1. The molecule has 1 aromatic heterocycles. The Hall–Kier alpha value is -2.14. The summed E-state index contributed by atoms with van der Waals surface area (Å²) >= 11 is 0. The van der Waals surface area contributed by atoms with E-state index < -0.39 is 18.2 Å². The summed E-state index contributed by atoms with van der Waals surface area (Å²) < 4.78 is 45.8. The molecule has 1 amide bonds. The summed E-state index contributed by atoms with van der Waals surface area (Å²) in [6, 6.07) is 5.54. The molecule has 4 nitrogen and oxygen atoms in total. The Morgan fingerprint density at radius 1 is 1.40 bits per heavy atom. The van der Waals surface area contributed by atoms with Crippen molar-refractivity contribution in [1.29, 1.82) is 0 Å². The van der Waals surface area contributed by atoms with Gasteiger partial charge in [-0.25, -0.2) is 18.2 Å². The van der Waals surface area contributed by atoms with Gasteiger partial charge in [-0.05, 0) is 23.5 Å². The molecule has 0 aliphatic carbocycles. The van der Waals surface area contributed by atoms with Gasteiger partial charge in [0.05, 0.1) is 12.7 Å². The van der Waals surface area contributed by atoms with Crippen LogP contribution in [-0.4, -0.2) is 24.5 Å². The number of aromatic nitrogens is 1. The van der Waals surface area contributed by atoms with Crippen molar-refractivity contribution < 1.29 is 22.7 Å². The normalized spacial score (nSPS) is 17.4. The first-order valence-electron chi connectivity index (χ1n) is 7.58. The number of ether oxygens (including phenoxy) is 1. The minimum atomic E-state index is -2.74. The number of hydrogen-bond acceptors (Lipinski definition) is 3. The number of hydrogen-bond donors (Lipinski definition) is 0. The molecule has 0 spiro atoms. The topological polar surface area (TPSA) is 42.4 Å². The maximum absolute atomic E-state index is 14.5. The van der Waals surface area contributed by atoms with Gasteiger partial charge in [-0.2, -0.15) is 0 Å². The van der Waals surface area contributed by atoms with Crippen LogP contribution in [0.5, 0.6) is 5.75 Å². The lowest BCUT2D eigenvalue weighted by Gasteiger charge is -2.19. The highest BCUT2D eigenvalue weighted by Gasteiger charge is 2.36. The van der Waals surface area contributed by atoms with Crippen molar-refractivity contribution in [2.75, 3.05) is 18.6 Å². The molecule has 1 fully saturated rings. The summed E-state index contributed by atoms with van der Waals surface area (Å²) in [6.45, 7) is 0.0974. The van der Waals surface area contributed by atoms with Crippen molar-refractivity contribution in [3.05, 3.63) is 47.4 Å². The van der Waals surface area contributed by atoms with Crippen LogP contribution < -0.4 is 14.9 Å². The third-order valence-corrected chi connectivity index (χ3v) is 4.69. The fourth-order valence-corrected chi connectivity index (χ4v) is 3.61. The summed E-state index contributed by atoms with van der Waals surface area (Å²) in [4.78, 5) is 17.5. The van der Waals surface area contributed by atoms with Crippen molar-refractivity contribution in [2.45, 2.75) is 18.8 Å². The predicted molar refractivity (Wildman–Crippen MR) is 91.2 cm³/mol. The van der Waals surface area contributed by atoms with Gasteiger partial charge in [0.25, 0.3) is 6.43 Å². The fourth-order valence-electron chi connectivity index (χ4n) is 3.07. The van der Waals surface area contributed by atoms with Gasteiger partial charge in [0.15, 0.2) is 0 Å². The molecule has 25 heavy (non-hydrogen) atoms. The molecular formula is C17H16F3N2O2P. The predicted octanol–water partition coefficient (Wildman–Crippen LogP) is 3.19. The molecule has 3 rings (SSSR count). The Labute approximate surface area is 145 Å². The SMILES string of the molecule is COc1cc(F)c([C@H]2CC(=O)N(c3ncccc3C(F)F)C2)c(P)c1. The number of carbonyl (C=O) groups excluding carboxylic acids is 1. The minimum Gasteiger partial charge on any atom is -0.497 e. The molecular weight excluding hydrogens is 352 g/mol. The third kappa shape index (κ3) is 3.33. The van der Waals surface area contributed by atoms with Gasteiger partial charge in [-0.3, -0.25) is 9.69 Å². The maximum Gasteiger partial charge on any atom is 0.267 e. The number of benzene rings is 1. The first-order valence-corrected chi connectivity index (χ1v) is 8.16. The van der Waals surface area contributed by atoms with Crippen LogP contribution in [0.25, 0.3) is 0 Å². The van der Waals surface area contributed by atoms with Crippen LogP contribution in [0.2, 0.25) is 0 Å². The summed E-state index contributed by atoms with van der Waals surface area (Å²) in [5.74, 6) is -0.982. The van der Waals surface area contributed by atoms with Crippen LogP contribution in [-0.2, 0) is 4.79 Å². The number of rotatable bonds is 4. The molecule has 8 heteroatoms. The van der Waals surface area contributed by atoms with E-state index in [9.17, 15) is 18.0 Å². The van der Waals surface area contributed by atoms with Crippen LogP contribution in [0.4, 0.5) is 19.0 Å². The molecule has 2 atom stereocenters. The summed E-state index contributed by atoms with van der Waals surface area (Å²) in [5, 5.41) is 0.576. The lowest BCUT2D eigenvalue weighted by Crippen LogP contribution is -2.27. The standard InChI is InChI=1S/C17H16F3N2O2P/c1-24-10-6-12(18)15(13(25)7-10)9-5-14(23)22(8-9)17-11(16(19)20)3-2-4-21-17/h2-4,6-7,9,16H,5,8,25H2,1H3/t9-/m0/s1. The molecule has 0 radical (unpaired) electrons. The van der Waals surface area contributed by atoms with E-state index in [1.165, 1.54) is 36.4 Å². The zero-order chi connectivity index (χ0) is 18.1. The molecule has 1 aromatic carbocycles. The number of pyridine rings is 1. The molecule has 1 aliphatic heterocycles. The Balaban J connectivity index is 1.94. The number of alkyl halides is 2. The minimum absolute atomic E-state index is 0.0316. The molecule has 2 heterocycles. The van der Waals surface area contributed by atoms with Crippen LogP contribution in [0.15, 0.2) is 30.5 Å². The van der Waals surface area contributed by atoms with E-state index >= 15 is 0 Å². The monoisotopic (exact) mass is 368 g/mol. The van der Waals surface area contributed by atoms with E-state index in [2.05, 4.69) is 14.2 Å². The Bertz CT molecular complexity index is 793. The molecule has 132 valence electrons. The maximum atomic E-state index is 14.5. The Morgan fingerprint density at radius 3 is 2.80 bits per heavy atom. The zero-order valence-electron chi connectivity index (χ0n) is 13.4. The number of carbonyl (C=O) groups is 1. The first-order chi connectivity index (χ1) is 11.9. The van der Waals surface area contributed by atoms with Crippen molar-refractivity contribution in [3.8, 4) is 5.75 Å². The van der Waals surface area contributed by atoms with Gasteiger partial charge in [0.1, 0.15) is 17.4 Å². The number of nitrogens with zero attached hydrogens (tertiary/aromatic N) is 2. The average Bonchev–Trinajstić information content (AvgIpc) is 2.95. The smallest absolute Gasteiger partial charge is 0.267 e. The second-order valence-electron chi connectivity index (χ2n) is 5.73. The van der Waals surface area contributed by atoms with Gasteiger partial charge in [-0.15, -0.1) is 9.24 Å².